The third kappa shape index (κ3) is 4.37. The predicted molar refractivity (Wildman–Crippen MR) is 84.8 cm³/mol. The van der Waals surface area contributed by atoms with Crippen molar-refractivity contribution < 1.29 is 14.3 Å². The largest absolute Gasteiger partial charge is 0.544 e. The number of carboxylic acids is 1. The van der Waals surface area contributed by atoms with Gasteiger partial charge in [-0.3, -0.25) is 4.79 Å². The van der Waals surface area contributed by atoms with E-state index in [1.807, 2.05) is 24.3 Å². The lowest BCUT2D eigenvalue weighted by Gasteiger charge is -2.36. The van der Waals surface area contributed by atoms with Crippen molar-refractivity contribution in [3.05, 3.63) is 29.8 Å². The second-order valence-electron chi connectivity index (χ2n) is 6.95. The van der Waals surface area contributed by atoms with Crippen LogP contribution in [0.2, 0.25) is 18.1 Å². The highest BCUT2D eigenvalue weighted by Crippen LogP contribution is 2.37. The monoisotopic (exact) mass is 294 g/mol. The molecule has 0 aliphatic heterocycles. The Kier molecular flexibility index (Phi) is 5.03. The van der Waals surface area contributed by atoms with Crippen molar-refractivity contribution in [1.82, 2.24) is 0 Å². The average molecular weight is 294 g/mol. The van der Waals surface area contributed by atoms with Gasteiger partial charge in [0.2, 0.25) is 8.32 Å². The van der Waals surface area contributed by atoms with Gasteiger partial charge in [-0.2, -0.15) is 0 Å². The standard InChI is InChI=1S/C16H26O3Si/c1-12(15(17)18)11-13-7-9-14(10-8-13)19-20(5,6)16(2,3)4/h7-10,12H,11H2,1-6H3,(H,17,18). The lowest BCUT2D eigenvalue weighted by Crippen LogP contribution is -2.43. The van der Waals surface area contributed by atoms with Crippen molar-refractivity contribution in [3.8, 4) is 5.75 Å². The molecule has 0 radical (unpaired) electrons. The first-order valence-corrected chi connectivity index (χ1v) is 9.94. The molecular weight excluding hydrogens is 268 g/mol. The lowest BCUT2D eigenvalue weighted by atomic mass is 10.0. The second-order valence-corrected chi connectivity index (χ2v) is 11.7. The molecule has 0 heterocycles. The molecule has 20 heavy (non-hydrogen) atoms. The number of rotatable bonds is 5. The van der Waals surface area contributed by atoms with Crippen LogP contribution in [-0.4, -0.2) is 19.4 Å². The molecule has 1 N–H and O–H groups in total. The quantitative estimate of drug-likeness (QED) is 0.822. The van der Waals surface area contributed by atoms with Crippen LogP contribution in [0.3, 0.4) is 0 Å². The van der Waals surface area contributed by atoms with E-state index < -0.39 is 14.3 Å². The Hall–Kier alpha value is -1.29. The molecule has 0 amide bonds. The molecule has 1 atom stereocenters. The molecule has 0 bridgehead atoms. The molecule has 0 aromatic heterocycles. The molecule has 1 aromatic carbocycles. The molecule has 1 rings (SSSR count). The van der Waals surface area contributed by atoms with Gasteiger partial charge in [-0.05, 0) is 42.2 Å². The Morgan fingerprint density at radius 2 is 1.75 bits per heavy atom. The zero-order valence-corrected chi connectivity index (χ0v) is 14.4. The van der Waals surface area contributed by atoms with Crippen LogP contribution in [0, 0.1) is 5.92 Å². The highest BCUT2D eigenvalue weighted by Gasteiger charge is 2.38. The molecule has 1 unspecified atom stereocenters. The molecule has 0 saturated heterocycles. The third-order valence-corrected chi connectivity index (χ3v) is 8.42. The number of carboxylic acid groups (broad SMARTS) is 1. The van der Waals surface area contributed by atoms with E-state index in [0.29, 0.717) is 6.42 Å². The summed E-state index contributed by atoms with van der Waals surface area (Å²) in [6.45, 7) is 12.8. The van der Waals surface area contributed by atoms with Crippen LogP contribution < -0.4 is 4.43 Å². The Balaban J connectivity index is 2.75. The third-order valence-electron chi connectivity index (χ3n) is 4.07. The van der Waals surface area contributed by atoms with Crippen molar-refractivity contribution in [2.75, 3.05) is 0 Å². The molecular formula is C16H26O3Si. The number of carbonyl (C=O) groups is 1. The van der Waals surface area contributed by atoms with Gasteiger partial charge in [0.05, 0.1) is 5.92 Å². The zero-order chi connectivity index (χ0) is 15.6. The molecule has 0 saturated carbocycles. The van der Waals surface area contributed by atoms with Crippen LogP contribution in [0.5, 0.6) is 5.75 Å². The predicted octanol–water partition coefficient (Wildman–Crippen LogP) is 4.33. The average Bonchev–Trinajstić information content (AvgIpc) is 2.29. The molecule has 112 valence electrons. The summed E-state index contributed by atoms with van der Waals surface area (Å²) >= 11 is 0. The van der Waals surface area contributed by atoms with Gasteiger partial charge in [0, 0.05) is 0 Å². The van der Waals surface area contributed by atoms with Gasteiger partial charge >= 0.3 is 5.97 Å². The van der Waals surface area contributed by atoms with Gasteiger partial charge in [-0.1, -0.05) is 39.8 Å². The van der Waals surface area contributed by atoms with E-state index in [0.717, 1.165) is 11.3 Å². The van der Waals surface area contributed by atoms with E-state index in [-0.39, 0.29) is 11.0 Å². The Labute approximate surface area is 123 Å². The smallest absolute Gasteiger partial charge is 0.306 e. The van der Waals surface area contributed by atoms with Crippen molar-refractivity contribution in [2.45, 2.75) is 52.2 Å². The molecule has 1 aromatic rings. The summed E-state index contributed by atoms with van der Waals surface area (Å²) in [6, 6.07) is 7.82. The highest BCUT2D eigenvalue weighted by molar-refractivity contribution is 6.74. The van der Waals surface area contributed by atoms with Crippen LogP contribution in [0.25, 0.3) is 0 Å². The minimum Gasteiger partial charge on any atom is -0.544 e. The molecule has 0 aliphatic carbocycles. The van der Waals surface area contributed by atoms with Crippen LogP contribution in [0.4, 0.5) is 0 Å². The van der Waals surface area contributed by atoms with Gasteiger partial charge in [-0.25, -0.2) is 0 Å². The summed E-state index contributed by atoms with van der Waals surface area (Å²) < 4.78 is 6.20. The zero-order valence-electron chi connectivity index (χ0n) is 13.4. The van der Waals surface area contributed by atoms with Crippen LogP contribution >= 0.6 is 0 Å². The highest BCUT2D eigenvalue weighted by atomic mass is 28.4. The maximum absolute atomic E-state index is 10.8. The fraction of sp³-hybridized carbons (Fsp3) is 0.562. The number of aliphatic carboxylic acids is 1. The number of benzene rings is 1. The van der Waals surface area contributed by atoms with Crippen molar-refractivity contribution in [1.29, 1.82) is 0 Å². The fourth-order valence-corrected chi connectivity index (χ4v) is 2.61. The maximum atomic E-state index is 10.8. The SMILES string of the molecule is CC(Cc1ccc(O[Si](C)(C)C(C)(C)C)cc1)C(=O)O. The summed E-state index contributed by atoms with van der Waals surface area (Å²) in [5.41, 5.74) is 1.03. The van der Waals surface area contributed by atoms with Gasteiger partial charge in [0.15, 0.2) is 0 Å². The summed E-state index contributed by atoms with van der Waals surface area (Å²) in [6.07, 6.45) is 0.551. The van der Waals surface area contributed by atoms with E-state index in [4.69, 9.17) is 9.53 Å². The maximum Gasteiger partial charge on any atom is 0.306 e. The van der Waals surface area contributed by atoms with Crippen LogP contribution in [0.15, 0.2) is 24.3 Å². The van der Waals surface area contributed by atoms with Crippen LogP contribution in [0.1, 0.15) is 33.3 Å². The fourth-order valence-electron chi connectivity index (χ4n) is 1.58. The topological polar surface area (TPSA) is 46.5 Å². The van der Waals surface area contributed by atoms with E-state index in [1.165, 1.54) is 0 Å². The Morgan fingerprint density at radius 3 is 2.15 bits per heavy atom. The van der Waals surface area contributed by atoms with Crippen molar-refractivity contribution in [3.63, 3.8) is 0 Å². The normalized spacial score (nSPS) is 13.9. The van der Waals surface area contributed by atoms with Crippen LogP contribution in [-0.2, 0) is 11.2 Å². The van der Waals surface area contributed by atoms with E-state index >= 15 is 0 Å². The molecule has 3 nitrogen and oxygen atoms in total. The number of hydrogen-bond donors (Lipinski definition) is 1. The van der Waals surface area contributed by atoms with E-state index in [1.54, 1.807) is 6.92 Å². The second kappa shape index (κ2) is 6.00. The summed E-state index contributed by atoms with van der Waals surface area (Å²) in [5.74, 6) is -0.239. The van der Waals surface area contributed by atoms with E-state index in [9.17, 15) is 4.79 Å². The van der Waals surface area contributed by atoms with E-state index in [2.05, 4.69) is 33.9 Å². The van der Waals surface area contributed by atoms with Crippen molar-refractivity contribution in [2.24, 2.45) is 5.92 Å². The van der Waals surface area contributed by atoms with Gasteiger partial charge in [-0.15, -0.1) is 0 Å². The molecule has 0 aliphatic rings. The first-order chi connectivity index (χ1) is 9.03. The summed E-state index contributed by atoms with van der Waals surface area (Å²) in [5, 5.41) is 9.09. The molecule has 0 spiro atoms. The summed E-state index contributed by atoms with van der Waals surface area (Å²) in [4.78, 5) is 10.8. The summed E-state index contributed by atoms with van der Waals surface area (Å²) in [7, 11) is -1.81. The van der Waals surface area contributed by atoms with Crippen molar-refractivity contribution >= 4 is 14.3 Å². The number of hydrogen-bond acceptors (Lipinski definition) is 2. The first kappa shape index (κ1) is 16.8. The minimum atomic E-state index is -1.81. The van der Waals surface area contributed by atoms with Gasteiger partial charge in [0.1, 0.15) is 5.75 Å². The molecule has 4 heteroatoms. The first-order valence-electron chi connectivity index (χ1n) is 7.04. The van der Waals surface area contributed by atoms with Gasteiger partial charge < -0.3 is 9.53 Å². The minimum absolute atomic E-state index is 0.170. The Morgan fingerprint density at radius 1 is 1.25 bits per heavy atom. The van der Waals surface area contributed by atoms with Gasteiger partial charge in [0.25, 0.3) is 0 Å². The Bertz CT molecular complexity index is 458. The lowest BCUT2D eigenvalue weighted by molar-refractivity contribution is -0.141. The molecule has 0 fully saturated rings.